The molecule has 0 aromatic carbocycles. The molecular formula is C12H23N3. The second-order valence-corrected chi connectivity index (χ2v) is 4.49. The number of hydrogen-bond acceptors (Lipinski definition) is 2. The van der Waals surface area contributed by atoms with Crippen LogP contribution in [0.15, 0.2) is 18.7 Å². The van der Waals surface area contributed by atoms with Crippen LogP contribution in [0, 0.1) is 5.92 Å². The number of nitrogens with zero attached hydrogens (tertiary/aromatic N) is 2. The standard InChI is InChI=1S/C12H23N3/c1-11(2)12(3)14-6-4-5-8-15-9-7-13-10-15/h7,9-12,14H,4-6,8H2,1-3H3. The molecule has 0 aliphatic heterocycles. The lowest BCUT2D eigenvalue weighted by Crippen LogP contribution is -2.31. The molecule has 1 N–H and O–H groups in total. The van der Waals surface area contributed by atoms with Crippen molar-refractivity contribution < 1.29 is 0 Å². The molecule has 0 aliphatic rings. The van der Waals surface area contributed by atoms with E-state index in [1.54, 1.807) is 0 Å². The average Bonchev–Trinajstić information content (AvgIpc) is 2.69. The normalized spacial score (nSPS) is 13.3. The van der Waals surface area contributed by atoms with Gasteiger partial charge < -0.3 is 9.88 Å². The zero-order chi connectivity index (χ0) is 11.1. The van der Waals surface area contributed by atoms with Gasteiger partial charge in [-0.1, -0.05) is 13.8 Å². The fraction of sp³-hybridized carbons (Fsp3) is 0.750. The van der Waals surface area contributed by atoms with Crippen molar-refractivity contribution in [3.63, 3.8) is 0 Å². The predicted octanol–water partition coefficient (Wildman–Crippen LogP) is 2.30. The Morgan fingerprint density at radius 3 is 2.67 bits per heavy atom. The zero-order valence-corrected chi connectivity index (χ0v) is 10.1. The molecule has 0 saturated heterocycles. The maximum atomic E-state index is 4.02. The molecule has 1 heterocycles. The highest BCUT2D eigenvalue weighted by Crippen LogP contribution is 2.00. The Morgan fingerprint density at radius 2 is 2.07 bits per heavy atom. The maximum absolute atomic E-state index is 4.02. The fourth-order valence-corrected chi connectivity index (χ4v) is 1.40. The second kappa shape index (κ2) is 6.62. The van der Waals surface area contributed by atoms with Crippen LogP contribution in [0.25, 0.3) is 0 Å². The van der Waals surface area contributed by atoms with Gasteiger partial charge in [-0.05, 0) is 32.2 Å². The van der Waals surface area contributed by atoms with Gasteiger partial charge in [0, 0.05) is 25.0 Å². The lowest BCUT2D eigenvalue weighted by Gasteiger charge is -2.17. The number of aryl methyl sites for hydroxylation is 1. The quantitative estimate of drug-likeness (QED) is 0.698. The van der Waals surface area contributed by atoms with E-state index in [1.165, 1.54) is 12.8 Å². The summed E-state index contributed by atoms with van der Waals surface area (Å²) < 4.78 is 2.13. The molecule has 15 heavy (non-hydrogen) atoms. The summed E-state index contributed by atoms with van der Waals surface area (Å²) in [6.45, 7) is 8.96. The Labute approximate surface area is 92.9 Å². The Kier molecular flexibility index (Phi) is 5.40. The molecule has 0 amide bonds. The van der Waals surface area contributed by atoms with Gasteiger partial charge in [0.15, 0.2) is 0 Å². The Balaban J connectivity index is 1.98. The summed E-state index contributed by atoms with van der Waals surface area (Å²) in [6.07, 6.45) is 8.18. The predicted molar refractivity (Wildman–Crippen MR) is 63.8 cm³/mol. The number of imidazole rings is 1. The summed E-state index contributed by atoms with van der Waals surface area (Å²) >= 11 is 0. The van der Waals surface area contributed by atoms with Crippen LogP contribution in [0.1, 0.15) is 33.6 Å². The minimum atomic E-state index is 0.623. The summed E-state index contributed by atoms with van der Waals surface area (Å²) in [5.74, 6) is 0.721. The summed E-state index contributed by atoms with van der Waals surface area (Å²) in [6, 6.07) is 0.623. The van der Waals surface area contributed by atoms with Crippen LogP contribution >= 0.6 is 0 Å². The first kappa shape index (κ1) is 12.2. The molecule has 1 aromatic heterocycles. The first-order valence-electron chi connectivity index (χ1n) is 5.89. The van der Waals surface area contributed by atoms with E-state index >= 15 is 0 Å². The number of nitrogens with one attached hydrogen (secondary N) is 1. The third-order valence-electron chi connectivity index (χ3n) is 2.87. The Hall–Kier alpha value is -0.830. The van der Waals surface area contributed by atoms with Gasteiger partial charge in [-0.2, -0.15) is 0 Å². The van der Waals surface area contributed by atoms with Gasteiger partial charge in [0.25, 0.3) is 0 Å². The van der Waals surface area contributed by atoms with Crippen molar-refractivity contribution in [3.8, 4) is 0 Å². The molecule has 1 rings (SSSR count). The molecule has 1 unspecified atom stereocenters. The van der Waals surface area contributed by atoms with Gasteiger partial charge in [0.1, 0.15) is 0 Å². The first-order chi connectivity index (χ1) is 7.20. The fourth-order valence-electron chi connectivity index (χ4n) is 1.40. The van der Waals surface area contributed by atoms with E-state index in [1.807, 2.05) is 18.7 Å². The Bertz CT molecular complexity index is 241. The van der Waals surface area contributed by atoms with E-state index < -0.39 is 0 Å². The molecule has 1 aromatic rings. The third kappa shape index (κ3) is 4.98. The van der Waals surface area contributed by atoms with E-state index in [2.05, 4.69) is 35.6 Å². The van der Waals surface area contributed by atoms with Crippen molar-refractivity contribution >= 4 is 0 Å². The number of unbranched alkanes of at least 4 members (excludes halogenated alkanes) is 1. The van der Waals surface area contributed by atoms with Gasteiger partial charge in [0.05, 0.1) is 6.33 Å². The van der Waals surface area contributed by atoms with Crippen molar-refractivity contribution in [1.29, 1.82) is 0 Å². The highest BCUT2D eigenvalue weighted by Gasteiger charge is 2.04. The van der Waals surface area contributed by atoms with Gasteiger partial charge in [0.2, 0.25) is 0 Å². The summed E-state index contributed by atoms with van der Waals surface area (Å²) in [5, 5.41) is 3.54. The molecule has 0 fully saturated rings. The van der Waals surface area contributed by atoms with Crippen LogP contribution < -0.4 is 5.32 Å². The van der Waals surface area contributed by atoms with Crippen molar-refractivity contribution in [3.05, 3.63) is 18.7 Å². The zero-order valence-electron chi connectivity index (χ0n) is 10.1. The molecule has 3 heteroatoms. The van der Waals surface area contributed by atoms with Crippen LogP contribution in [0.5, 0.6) is 0 Å². The van der Waals surface area contributed by atoms with Crippen molar-refractivity contribution in [2.75, 3.05) is 6.54 Å². The van der Waals surface area contributed by atoms with Gasteiger partial charge in [-0.25, -0.2) is 4.98 Å². The van der Waals surface area contributed by atoms with Crippen molar-refractivity contribution in [1.82, 2.24) is 14.9 Å². The highest BCUT2D eigenvalue weighted by molar-refractivity contribution is 4.73. The van der Waals surface area contributed by atoms with Crippen LogP contribution in [0.4, 0.5) is 0 Å². The van der Waals surface area contributed by atoms with Crippen LogP contribution in [0.2, 0.25) is 0 Å². The van der Waals surface area contributed by atoms with Crippen molar-refractivity contribution in [2.45, 2.75) is 46.2 Å². The van der Waals surface area contributed by atoms with Crippen molar-refractivity contribution in [2.24, 2.45) is 5.92 Å². The maximum Gasteiger partial charge on any atom is 0.0945 e. The van der Waals surface area contributed by atoms with E-state index in [-0.39, 0.29) is 0 Å². The smallest absolute Gasteiger partial charge is 0.0945 e. The number of rotatable bonds is 7. The Morgan fingerprint density at radius 1 is 1.27 bits per heavy atom. The number of aromatic nitrogens is 2. The van der Waals surface area contributed by atoms with Crippen LogP contribution in [-0.4, -0.2) is 22.1 Å². The molecule has 86 valence electrons. The molecule has 0 aliphatic carbocycles. The van der Waals surface area contributed by atoms with E-state index in [4.69, 9.17) is 0 Å². The topological polar surface area (TPSA) is 29.9 Å². The molecule has 1 atom stereocenters. The second-order valence-electron chi connectivity index (χ2n) is 4.49. The molecule has 3 nitrogen and oxygen atoms in total. The largest absolute Gasteiger partial charge is 0.337 e. The summed E-state index contributed by atoms with van der Waals surface area (Å²) in [7, 11) is 0. The third-order valence-corrected chi connectivity index (χ3v) is 2.87. The minimum absolute atomic E-state index is 0.623. The van der Waals surface area contributed by atoms with Gasteiger partial charge in [-0.3, -0.25) is 0 Å². The minimum Gasteiger partial charge on any atom is -0.337 e. The van der Waals surface area contributed by atoms with Gasteiger partial charge in [-0.15, -0.1) is 0 Å². The molecular weight excluding hydrogens is 186 g/mol. The molecule has 0 saturated carbocycles. The highest BCUT2D eigenvalue weighted by atomic mass is 15.0. The molecule has 0 spiro atoms. The average molecular weight is 209 g/mol. The number of hydrogen-bond donors (Lipinski definition) is 1. The molecule has 0 radical (unpaired) electrons. The SMILES string of the molecule is CC(C)C(C)NCCCCn1ccnc1. The summed E-state index contributed by atoms with van der Waals surface area (Å²) in [4.78, 5) is 4.02. The monoisotopic (exact) mass is 209 g/mol. The first-order valence-corrected chi connectivity index (χ1v) is 5.89. The van der Waals surface area contributed by atoms with Crippen LogP contribution in [0.3, 0.4) is 0 Å². The lowest BCUT2D eigenvalue weighted by molar-refractivity contribution is 0.418. The lowest BCUT2D eigenvalue weighted by atomic mass is 10.1. The van der Waals surface area contributed by atoms with E-state index in [0.29, 0.717) is 6.04 Å². The molecule has 0 bridgehead atoms. The van der Waals surface area contributed by atoms with Crippen LogP contribution in [-0.2, 0) is 6.54 Å². The summed E-state index contributed by atoms with van der Waals surface area (Å²) in [5.41, 5.74) is 0. The van der Waals surface area contributed by atoms with E-state index in [9.17, 15) is 0 Å². The van der Waals surface area contributed by atoms with E-state index in [0.717, 1.165) is 19.0 Å². The van der Waals surface area contributed by atoms with Gasteiger partial charge >= 0.3 is 0 Å².